The third-order valence-electron chi connectivity index (χ3n) is 2.30. The highest BCUT2D eigenvalue weighted by Crippen LogP contribution is 2.11. The molecular weight excluding hydrogens is 240 g/mol. The standard InChI is InChI=1S/C11H11ClN4O/c1-16(11(17)10-13-7-14-15-10)6-8-2-4-9(12)5-3-8/h2-5,7H,6H2,1H3,(H,13,14,15). The maximum Gasteiger partial charge on any atom is 0.291 e. The number of aromatic nitrogens is 3. The molecule has 1 aromatic carbocycles. The average molecular weight is 251 g/mol. The number of amides is 1. The van der Waals surface area contributed by atoms with E-state index in [1.165, 1.54) is 6.33 Å². The first-order valence-electron chi connectivity index (χ1n) is 5.02. The Morgan fingerprint density at radius 3 is 2.71 bits per heavy atom. The van der Waals surface area contributed by atoms with Gasteiger partial charge in [0.25, 0.3) is 5.91 Å². The Kier molecular flexibility index (Phi) is 3.39. The predicted octanol–water partition coefficient (Wildman–Crippen LogP) is 1.73. The first-order chi connectivity index (χ1) is 8.16. The largest absolute Gasteiger partial charge is 0.335 e. The van der Waals surface area contributed by atoms with Gasteiger partial charge in [-0.1, -0.05) is 23.7 Å². The van der Waals surface area contributed by atoms with Gasteiger partial charge in [-0.2, -0.15) is 5.10 Å². The number of H-pyrrole nitrogens is 1. The summed E-state index contributed by atoms with van der Waals surface area (Å²) in [7, 11) is 1.71. The SMILES string of the molecule is CN(Cc1ccc(Cl)cc1)C(=O)c1ncn[nH]1. The zero-order valence-corrected chi connectivity index (χ0v) is 9.98. The number of carbonyl (C=O) groups excluding carboxylic acids is 1. The van der Waals surface area contributed by atoms with Crippen LogP contribution in [0.25, 0.3) is 0 Å². The summed E-state index contributed by atoms with van der Waals surface area (Å²) in [6.07, 6.45) is 1.31. The van der Waals surface area contributed by atoms with Crippen LogP contribution >= 0.6 is 11.6 Å². The van der Waals surface area contributed by atoms with Gasteiger partial charge in [-0.15, -0.1) is 0 Å². The third kappa shape index (κ3) is 2.82. The number of carbonyl (C=O) groups is 1. The van der Waals surface area contributed by atoms with E-state index >= 15 is 0 Å². The van der Waals surface area contributed by atoms with Crippen LogP contribution in [-0.2, 0) is 6.54 Å². The van der Waals surface area contributed by atoms with Gasteiger partial charge < -0.3 is 4.90 Å². The molecule has 0 saturated carbocycles. The van der Waals surface area contributed by atoms with Crippen LogP contribution in [0.2, 0.25) is 5.02 Å². The predicted molar refractivity (Wildman–Crippen MR) is 63.6 cm³/mol. The number of hydrogen-bond acceptors (Lipinski definition) is 3. The van der Waals surface area contributed by atoms with Crippen molar-refractivity contribution in [3.8, 4) is 0 Å². The molecule has 88 valence electrons. The van der Waals surface area contributed by atoms with Crippen LogP contribution in [-0.4, -0.2) is 33.0 Å². The lowest BCUT2D eigenvalue weighted by Gasteiger charge is -2.15. The molecule has 0 saturated heterocycles. The van der Waals surface area contributed by atoms with E-state index in [1.807, 2.05) is 12.1 Å². The highest BCUT2D eigenvalue weighted by Gasteiger charge is 2.14. The summed E-state index contributed by atoms with van der Waals surface area (Å²) in [4.78, 5) is 17.2. The molecule has 2 rings (SSSR count). The van der Waals surface area contributed by atoms with E-state index in [0.717, 1.165) is 5.56 Å². The minimum absolute atomic E-state index is 0.197. The van der Waals surface area contributed by atoms with Crippen LogP contribution < -0.4 is 0 Å². The summed E-state index contributed by atoms with van der Waals surface area (Å²) in [6, 6.07) is 7.35. The van der Waals surface area contributed by atoms with Gasteiger partial charge in [0.2, 0.25) is 5.82 Å². The summed E-state index contributed by atoms with van der Waals surface area (Å²) < 4.78 is 0. The van der Waals surface area contributed by atoms with Gasteiger partial charge >= 0.3 is 0 Å². The maximum atomic E-state index is 11.8. The third-order valence-corrected chi connectivity index (χ3v) is 2.55. The molecule has 1 aromatic heterocycles. The number of aromatic amines is 1. The summed E-state index contributed by atoms with van der Waals surface area (Å²) in [6.45, 7) is 0.497. The van der Waals surface area contributed by atoms with E-state index in [0.29, 0.717) is 11.6 Å². The highest BCUT2D eigenvalue weighted by atomic mass is 35.5. The molecule has 0 atom stereocenters. The Morgan fingerprint density at radius 1 is 1.41 bits per heavy atom. The number of halogens is 1. The summed E-state index contributed by atoms with van der Waals surface area (Å²) >= 11 is 5.79. The number of nitrogens with zero attached hydrogens (tertiary/aromatic N) is 3. The molecule has 0 fully saturated rings. The van der Waals surface area contributed by atoms with Crippen molar-refractivity contribution in [2.75, 3.05) is 7.05 Å². The van der Waals surface area contributed by atoms with Crippen LogP contribution in [0.1, 0.15) is 16.2 Å². The number of hydrogen-bond donors (Lipinski definition) is 1. The van der Waals surface area contributed by atoms with Crippen molar-refractivity contribution in [3.63, 3.8) is 0 Å². The van der Waals surface area contributed by atoms with Crippen molar-refractivity contribution in [1.82, 2.24) is 20.1 Å². The Morgan fingerprint density at radius 2 is 2.12 bits per heavy atom. The minimum Gasteiger partial charge on any atom is -0.335 e. The van der Waals surface area contributed by atoms with E-state index in [4.69, 9.17) is 11.6 Å². The second-order valence-corrected chi connectivity index (χ2v) is 4.06. The molecule has 0 aliphatic rings. The van der Waals surface area contributed by atoms with Crippen molar-refractivity contribution >= 4 is 17.5 Å². The van der Waals surface area contributed by atoms with E-state index < -0.39 is 0 Å². The fourth-order valence-electron chi connectivity index (χ4n) is 1.42. The second-order valence-electron chi connectivity index (χ2n) is 3.62. The smallest absolute Gasteiger partial charge is 0.291 e. The lowest BCUT2D eigenvalue weighted by Crippen LogP contribution is -2.27. The van der Waals surface area contributed by atoms with E-state index in [2.05, 4.69) is 15.2 Å². The van der Waals surface area contributed by atoms with Gasteiger partial charge in [-0.05, 0) is 17.7 Å². The lowest BCUT2D eigenvalue weighted by molar-refractivity contribution is 0.0773. The topological polar surface area (TPSA) is 61.9 Å². The average Bonchev–Trinajstić information content (AvgIpc) is 2.84. The molecule has 6 heteroatoms. The Labute approximate surface area is 103 Å². The molecular formula is C11H11ClN4O. The summed E-state index contributed by atoms with van der Waals surface area (Å²) in [5.41, 5.74) is 1.00. The first kappa shape index (κ1) is 11.6. The van der Waals surface area contributed by atoms with Crippen molar-refractivity contribution in [2.45, 2.75) is 6.54 Å². The Hall–Kier alpha value is -1.88. The Balaban J connectivity index is 2.04. The monoisotopic (exact) mass is 250 g/mol. The molecule has 1 heterocycles. The normalized spacial score (nSPS) is 10.2. The fourth-order valence-corrected chi connectivity index (χ4v) is 1.55. The minimum atomic E-state index is -0.197. The van der Waals surface area contributed by atoms with Gasteiger partial charge in [0.1, 0.15) is 6.33 Å². The van der Waals surface area contributed by atoms with Gasteiger partial charge in [0, 0.05) is 18.6 Å². The molecule has 17 heavy (non-hydrogen) atoms. The van der Waals surface area contributed by atoms with Crippen molar-refractivity contribution < 1.29 is 4.79 Å². The number of rotatable bonds is 3. The molecule has 0 spiro atoms. The molecule has 0 aliphatic carbocycles. The molecule has 1 amide bonds. The van der Waals surface area contributed by atoms with Crippen LogP contribution in [0.4, 0.5) is 0 Å². The molecule has 0 radical (unpaired) electrons. The fraction of sp³-hybridized carbons (Fsp3) is 0.182. The Bertz CT molecular complexity index is 495. The van der Waals surface area contributed by atoms with Gasteiger partial charge in [0.05, 0.1) is 0 Å². The van der Waals surface area contributed by atoms with Crippen molar-refractivity contribution in [1.29, 1.82) is 0 Å². The van der Waals surface area contributed by atoms with E-state index in [9.17, 15) is 4.79 Å². The molecule has 0 aliphatic heterocycles. The molecule has 1 N–H and O–H groups in total. The number of nitrogens with one attached hydrogen (secondary N) is 1. The van der Waals surface area contributed by atoms with Gasteiger partial charge in [0.15, 0.2) is 0 Å². The lowest BCUT2D eigenvalue weighted by atomic mass is 10.2. The van der Waals surface area contributed by atoms with Gasteiger partial charge in [-0.3, -0.25) is 9.89 Å². The van der Waals surface area contributed by atoms with Crippen molar-refractivity contribution in [2.24, 2.45) is 0 Å². The van der Waals surface area contributed by atoms with Crippen LogP contribution in [0.5, 0.6) is 0 Å². The van der Waals surface area contributed by atoms with Gasteiger partial charge in [-0.25, -0.2) is 4.98 Å². The number of benzene rings is 1. The molecule has 0 bridgehead atoms. The molecule has 2 aromatic rings. The van der Waals surface area contributed by atoms with E-state index in [1.54, 1.807) is 24.1 Å². The quantitative estimate of drug-likeness (QED) is 0.902. The maximum absolute atomic E-state index is 11.8. The molecule has 5 nitrogen and oxygen atoms in total. The summed E-state index contributed by atoms with van der Waals surface area (Å²) in [5.74, 6) is 0.0407. The van der Waals surface area contributed by atoms with E-state index in [-0.39, 0.29) is 11.7 Å². The summed E-state index contributed by atoms with van der Waals surface area (Å²) in [5, 5.41) is 6.86. The van der Waals surface area contributed by atoms with Crippen molar-refractivity contribution in [3.05, 3.63) is 47.0 Å². The first-order valence-corrected chi connectivity index (χ1v) is 5.40. The van der Waals surface area contributed by atoms with Crippen LogP contribution in [0.3, 0.4) is 0 Å². The van der Waals surface area contributed by atoms with Crippen LogP contribution in [0, 0.1) is 0 Å². The zero-order valence-electron chi connectivity index (χ0n) is 9.22. The second kappa shape index (κ2) is 4.97. The molecule has 0 unspecified atom stereocenters. The van der Waals surface area contributed by atoms with Crippen LogP contribution in [0.15, 0.2) is 30.6 Å². The highest BCUT2D eigenvalue weighted by molar-refractivity contribution is 6.30. The zero-order chi connectivity index (χ0) is 12.3.